The summed E-state index contributed by atoms with van der Waals surface area (Å²) in [6.07, 6.45) is 2.97. The van der Waals surface area contributed by atoms with Crippen LogP contribution in [0.2, 0.25) is 0 Å². The summed E-state index contributed by atoms with van der Waals surface area (Å²) < 4.78 is 0. The Labute approximate surface area is 94.2 Å². The molecule has 0 aliphatic rings. The number of benzene rings is 1. The fourth-order valence-corrected chi connectivity index (χ4v) is 1.51. The van der Waals surface area contributed by atoms with Crippen LogP contribution in [-0.2, 0) is 11.2 Å². The van der Waals surface area contributed by atoms with Crippen LogP contribution >= 0.6 is 0 Å². The molecule has 0 aliphatic heterocycles. The summed E-state index contributed by atoms with van der Waals surface area (Å²) in [7, 11) is 0. The normalized spacial score (nSPS) is 10.1. The molecular formula is C13H12N2O. The van der Waals surface area contributed by atoms with Gasteiger partial charge in [-0.3, -0.25) is 0 Å². The van der Waals surface area contributed by atoms with Crippen molar-refractivity contribution in [1.29, 1.82) is 0 Å². The van der Waals surface area contributed by atoms with E-state index in [9.17, 15) is 4.79 Å². The minimum absolute atomic E-state index is 0.376. The van der Waals surface area contributed by atoms with Gasteiger partial charge in [-0.05, 0) is 12.5 Å². The predicted octanol–water partition coefficient (Wildman–Crippen LogP) is 2.19. The minimum Gasteiger partial charge on any atom is -0.303 e. The van der Waals surface area contributed by atoms with E-state index in [1.165, 1.54) is 0 Å². The van der Waals surface area contributed by atoms with Gasteiger partial charge >= 0.3 is 0 Å². The Bertz CT molecular complexity index is 495. The topological polar surface area (TPSA) is 42.9 Å². The number of nitrogens with zero attached hydrogens (tertiary/aromatic N) is 2. The third-order valence-corrected chi connectivity index (χ3v) is 2.42. The summed E-state index contributed by atoms with van der Waals surface area (Å²) in [6, 6.07) is 9.79. The quantitative estimate of drug-likeness (QED) is 0.732. The molecule has 3 heteroatoms. The zero-order valence-electron chi connectivity index (χ0n) is 9.05. The van der Waals surface area contributed by atoms with Crippen molar-refractivity contribution in [1.82, 2.24) is 9.97 Å². The summed E-state index contributed by atoms with van der Waals surface area (Å²) in [6.45, 7) is 1.90. The van der Waals surface area contributed by atoms with E-state index in [2.05, 4.69) is 9.97 Å². The van der Waals surface area contributed by atoms with Gasteiger partial charge in [-0.15, -0.1) is 0 Å². The first-order chi connectivity index (χ1) is 7.81. The fraction of sp³-hybridized carbons (Fsp3) is 0.154. The molecule has 0 saturated heterocycles. The monoisotopic (exact) mass is 212 g/mol. The lowest BCUT2D eigenvalue weighted by Crippen LogP contribution is -1.98. The molecule has 2 rings (SSSR count). The number of hydrogen-bond acceptors (Lipinski definition) is 3. The van der Waals surface area contributed by atoms with Crippen LogP contribution in [0.15, 0.2) is 36.5 Å². The molecule has 0 unspecified atom stereocenters. The lowest BCUT2D eigenvalue weighted by molar-refractivity contribution is -0.107. The number of hydrogen-bond donors (Lipinski definition) is 0. The zero-order chi connectivity index (χ0) is 11.4. The van der Waals surface area contributed by atoms with Gasteiger partial charge < -0.3 is 4.79 Å². The highest BCUT2D eigenvalue weighted by Gasteiger charge is 2.04. The lowest BCUT2D eigenvalue weighted by Gasteiger charge is -2.04. The molecule has 0 radical (unpaired) electrons. The Balaban J connectivity index is 2.38. The van der Waals surface area contributed by atoms with Gasteiger partial charge in [0.1, 0.15) is 6.29 Å². The Morgan fingerprint density at radius 2 is 2.00 bits per heavy atom. The number of carbonyl (C=O) groups excluding carboxylic acids is 1. The molecule has 0 fully saturated rings. The largest absolute Gasteiger partial charge is 0.303 e. The smallest absolute Gasteiger partial charge is 0.159 e. The summed E-state index contributed by atoms with van der Waals surface area (Å²) in [5, 5.41) is 0. The van der Waals surface area contributed by atoms with Crippen LogP contribution in [0.1, 0.15) is 11.3 Å². The maximum atomic E-state index is 10.4. The maximum Gasteiger partial charge on any atom is 0.159 e. The van der Waals surface area contributed by atoms with E-state index in [1.54, 1.807) is 6.20 Å². The van der Waals surface area contributed by atoms with Gasteiger partial charge in [0.05, 0.1) is 0 Å². The zero-order valence-corrected chi connectivity index (χ0v) is 9.05. The van der Waals surface area contributed by atoms with Gasteiger partial charge in [-0.2, -0.15) is 0 Å². The van der Waals surface area contributed by atoms with Gasteiger partial charge in [0.15, 0.2) is 5.82 Å². The van der Waals surface area contributed by atoms with Gasteiger partial charge in [-0.1, -0.05) is 30.3 Å². The second kappa shape index (κ2) is 4.66. The van der Waals surface area contributed by atoms with Crippen molar-refractivity contribution in [2.24, 2.45) is 0 Å². The van der Waals surface area contributed by atoms with Crippen LogP contribution in [0.4, 0.5) is 0 Å². The Hall–Kier alpha value is -2.03. The second-order valence-corrected chi connectivity index (χ2v) is 3.54. The standard InChI is InChI=1S/C13H12N2O/c1-10-12(7-8-16)9-14-13(15-10)11-5-3-2-4-6-11/h2-6,8-9H,7H2,1H3. The highest BCUT2D eigenvalue weighted by Crippen LogP contribution is 2.15. The third kappa shape index (κ3) is 2.14. The van der Waals surface area contributed by atoms with Crippen LogP contribution in [-0.4, -0.2) is 16.3 Å². The van der Waals surface area contributed by atoms with E-state index in [4.69, 9.17) is 0 Å². The first-order valence-electron chi connectivity index (χ1n) is 5.13. The average Bonchev–Trinajstić information content (AvgIpc) is 2.33. The molecule has 0 bridgehead atoms. The number of aryl methyl sites for hydroxylation is 1. The molecule has 3 nitrogen and oxygen atoms in total. The molecule has 1 aromatic heterocycles. The SMILES string of the molecule is Cc1nc(-c2ccccc2)ncc1CC=O. The van der Waals surface area contributed by atoms with E-state index in [0.717, 1.165) is 23.1 Å². The second-order valence-electron chi connectivity index (χ2n) is 3.54. The molecule has 0 spiro atoms. The maximum absolute atomic E-state index is 10.4. The van der Waals surface area contributed by atoms with Crippen LogP contribution in [0.3, 0.4) is 0 Å². The highest BCUT2D eigenvalue weighted by atomic mass is 16.1. The van der Waals surface area contributed by atoms with Gasteiger partial charge in [0, 0.05) is 23.9 Å². The minimum atomic E-state index is 0.376. The van der Waals surface area contributed by atoms with Crippen LogP contribution in [0, 0.1) is 6.92 Å². The first-order valence-corrected chi connectivity index (χ1v) is 5.13. The Morgan fingerprint density at radius 1 is 1.25 bits per heavy atom. The van der Waals surface area contributed by atoms with E-state index in [0.29, 0.717) is 12.2 Å². The van der Waals surface area contributed by atoms with E-state index < -0.39 is 0 Å². The first kappa shape index (κ1) is 10.5. The summed E-state index contributed by atoms with van der Waals surface area (Å²) in [5.41, 5.74) is 2.74. The van der Waals surface area contributed by atoms with E-state index in [1.807, 2.05) is 37.3 Å². The highest BCUT2D eigenvalue weighted by molar-refractivity contribution is 5.58. The number of carbonyl (C=O) groups is 1. The molecule has 0 aliphatic carbocycles. The van der Waals surface area contributed by atoms with E-state index >= 15 is 0 Å². The third-order valence-electron chi connectivity index (χ3n) is 2.42. The summed E-state index contributed by atoms with van der Waals surface area (Å²) in [4.78, 5) is 19.1. The van der Waals surface area contributed by atoms with Crippen LogP contribution < -0.4 is 0 Å². The fourth-order valence-electron chi connectivity index (χ4n) is 1.51. The Morgan fingerprint density at radius 3 is 2.62 bits per heavy atom. The summed E-state index contributed by atoms with van der Waals surface area (Å²) >= 11 is 0. The number of aldehydes is 1. The van der Waals surface area contributed by atoms with Crippen molar-refractivity contribution in [2.45, 2.75) is 13.3 Å². The molecule has 80 valence electrons. The molecule has 0 N–H and O–H groups in total. The molecule has 0 atom stereocenters. The molecule has 1 heterocycles. The van der Waals surface area contributed by atoms with Crippen molar-refractivity contribution >= 4 is 6.29 Å². The Kier molecular flexibility index (Phi) is 3.05. The lowest BCUT2D eigenvalue weighted by atomic mass is 10.1. The van der Waals surface area contributed by atoms with Gasteiger partial charge in [0.2, 0.25) is 0 Å². The van der Waals surface area contributed by atoms with Gasteiger partial charge in [-0.25, -0.2) is 9.97 Å². The van der Waals surface area contributed by atoms with Crippen LogP contribution in [0.5, 0.6) is 0 Å². The summed E-state index contributed by atoms with van der Waals surface area (Å²) in [5.74, 6) is 0.702. The molecule has 0 amide bonds. The average molecular weight is 212 g/mol. The number of aromatic nitrogens is 2. The van der Waals surface area contributed by atoms with Gasteiger partial charge in [0.25, 0.3) is 0 Å². The molecule has 0 saturated carbocycles. The number of rotatable bonds is 3. The molecule has 2 aromatic rings. The van der Waals surface area contributed by atoms with Crippen molar-refractivity contribution in [3.8, 4) is 11.4 Å². The van der Waals surface area contributed by atoms with E-state index in [-0.39, 0.29) is 0 Å². The van der Waals surface area contributed by atoms with Crippen molar-refractivity contribution in [3.63, 3.8) is 0 Å². The molecule has 16 heavy (non-hydrogen) atoms. The predicted molar refractivity (Wildman–Crippen MR) is 62.0 cm³/mol. The van der Waals surface area contributed by atoms with Crippen LogP contribution in [0.25, 0.3) is 11.4 Å². The van der Waals surface area contributed by atoms with Crippen molar-refractivity contribution in [3.05, 3.63) is 47.8 Å². The van der Waals surface area contributed by atoms with Crippen molar-refractivity contribution in [2.75, 3.05) is 0 Å². The molecule has 1 aromatic carbocycles. The van der Waals surface area contributed by atoms with Crippen molar-refractivity contribution < 1.29 is 4.79 Å². The molecular weight excluding hydrogens is 200 g/mol.